The van der Waals surface area contributed by atoms with Crippen LogP contribution in [0.5, 0.6) is 0 Å². The number of hydrogen-bond donors (Lipinski definition) is 1. The number of H-pyrrole nitrogens is 1. The highest BCUT2D eigenvalue weighted by Gasteiger charge is 2.20. The Hall–Kier alpha value is -0.830. The summed E-state index contributed by atoms with van der Waals surface area (Å²) in [4.78, 5) is 2.52. The molecule has 3 nitrogen and oxygen atoms in total. The molecule has 0 aliphatic carbocycles. The van der Waals surface area contributed by atoms with E-state index in [1.165, 1.54) is 30.0 Å². The van der Waals surface area contributed by atoms with E-state index in [1.807, 2.05) is 0 Å². The van der Waals surface area contributed by atoms with Gasteiger partial charge in [-0.1, -0.05) is 13.8 Å². The van der Waals surface area contributed by atoms with Gasteiger partial charge in [-0.25, -0.2) is 0 Å². The number of hydrogen-bond acceptors (Lipinski definition) is 2. The third kappa shape index (κ3) is 1.82. The number of aromatic nitrogens is 2. The normalized spacial score (nSPS) is 17.4. The van der Waals surface area contributed by atoms with Crippen LogP contribution in [0.3, 0.4) is 0 Å². The van der Waals surface area contributed by atoms with Crippen molar-refractivity contribution in [3.05, 3.63) is 17.0 Å². The molecule has 0 saturated carbocycles. The van der Waals surface area contributed by atoms with Gasteiger partial charge in [0.1, 0.15) is 0 Å². The molecule has 14 heavy (non-hydrogen) atoms. The van der Waals surface area contributed by atoms with Crippen molar-refractivity contribution in [3.63, 3.8) is 0 Å². The third-order valence-electron chi connectivity index (χ3n) is 2.84. The molecule has 3 heteroatoms. The first-order chi connectivity index (χ1) is 6.66. The van der Waals surface area contributed by atoms with Crippen LogP contribution in [0.15, 0.2) is 0 Å². The number of nitrogens with one attached hydrogen (secondary N) is 1. The van der Waals surface area contributed by atoms with Gasteiger partial charge in [-0.3, -0.25) is 10.00 Å². The topological polar surface area (TPSA) is 31.9 Å². The zero-order valence-corrected chi connectivity index (χ0v) is 9.30. The Labute approximate surface area is 85.5 Å². The van der Waals surface area contributed by atoms with E-state index in [4.69, 9.17) is 0 Å². The minimum Gasteiger partial charge on any atom is -0.298 e. The highest BCUT2D eigenvalue weighted by Crippen LogP contribution is 2.20. The molecule has 0 fully saturated rings. The maximum absolute atomic E-state index is 4.26. The second-order valence-corrected chi connectivity index (χ2v) is 4.65. The Morgan fingerprint density at radius 2 is 2.29 bits per heavy atom. The molecule has 1 aliphatic heterocycles. The van der Waals surface area contributed by atoms with Crippen LogP contribution in [-0.2, 0) is 13.0 Å². The summed E-state index contributed by atoms with van der Waals surface area (Å²) in [7, 11) is 0. The molecule has 1 aliphatic rings. The standard InChI is InChI=1S/C11H19N3/c1-8(2)6-14-5-4-11-10(7-14)9(3)12-13-11/h8H,4-7H2,1-3H3,(H,12,13). The van der Waals surface area contributed by atoms with E-state index < -0.39 is 0 Å². The summed E-state index contributed by atoms with van der Waals surface area (Å²) in [5, 5.41) is 7.38. The fraction of sp³-hybridized carbons (Fsp3) is 0.727. The monoisotopic (exact) mass is 193 g/mol. The number of aryl methyl sites for hydroxylation is 1. The fourth-order valence-electron chi connectivity index (χ4n) is 2.17. The van der Waals surface area contributed by atoms with Crippen molar-refractivity contribution in [3.8, 4) is 0 Å². The van der Waals surface area contributed by atoms with Crippen molar-refractivity contribution in [1.29, 1.82) is 0 Å². The van der Waals surface area contributed by atoms with Gasteiger partial charge in [0.15, 0.2) is 0 Å². The largest absolute Gasteiger partial charge is 0.298 e. The summed E-state index contributed by atoms with van der Waals surface area (Å²) >= 11 is 0. The molecule has 0 unspecified atom stereocenters. The van der Waals surface area contributed by atoms with Crippen LogP contribution in [0.1, 0.15) is 30.8 Å². The molecular formula is C11H19N3. The van der Waals surface area contributed by atoms with E-state index in [1.54, 1.807) is 0 Å². The second kappa shape index (κ2) is 3.73. The van der Waals surface area contributed by atoms with E-state index in [0.29, 0.717) is 0 Å². The summed E-state index contributed by atoms with van der Waals surface area (Å²) in [5.41, 5.74) is 3.95. The van der Waals surface area contributed by atoms with Crippen LogP contribution < -0.4 is 0 Å². The number of nitrogens with zero attached hydrogens (tertiary/aromatic N) is 2. The lowest BCUT2D eigenvalue weighted by molar-refractivity contribution is 0.225. The van der Waals surface area contributed by atoms with Gasteiger partial charge in [-0.05, 0) is 12.8 Å². The van der Waals surface area contributed by atoms with Gasteiger partial charge in [0.2, 0.25) is 0 Å². The summed E-state index contributed by atoms with van der Waals surface area (Å²) in [6.45, 7) is 10.1. The second-order valence-electron chi connectivity index (χ2n) is 4.65. The predicted octanol–water partition coefficient (Wildman–Crippen LogP) is 1.73. The molecular weight excluding hydrogens is 174 g/mol. The van der Waals surface area contributed by atoms with Crippen LogP contribution in [-0.4, -0.2) is 28.2 Å². The lowest BCUT2D eigenvalue weighted by atomic mass is 10.0. The van der Waals surface area contributed by atoms with E-state index in [-0.39, 0.29) is 0 Å². The molecule has 0 aromatic carbocycles. The maximum atomic E-state index is 4.26. The molecule has 2 rings (SSSR count). The average Bonchev–Trinajstić information content (AvgIpc) is 2.47. The molecule has 0 radical (unpaired) electrons. The minimum absolute atomic E-state index is 0.753. The van der Waals surface area contributed by atoms with Crippen LogP contribution in [0.4, 0.5) is 0 Å². The Kier molecular flexibility index (Phi) is 2.59. The van der Waals surface area contributed by atoms with Gasteiger partial charge < -0.3 is 0 Å². The summed E-state index contributed by atoms with van der Waals surface area (Å²) in [6.07, 6.45) is 1.13. The van der Waals surface area contributed by atoms with Gasteiger partial charge in [-0.2, -0.15) is 5.10 Å². The molecule has 1 N–H and O–H groups in total. The van der Waals surface area contributed by atoms with Crippen molar-refractivity contribution in [1.82, 2.24) is 15.1 Å². The van der Waals surface area contributed by atoms with Crippen LogP contribution in [0.2, 0.25) is 0 Å². The summed E-state index contributed by atoms with van der Waals surface area (Å²) < 4.78 is 0. The Morgan fingerprint density at radius 1 is 1.50 bits per heavy atom. The predicted molar refractivity (Wildman–Crippen MR) is 57.1 cm³/mol. The lowest BCUT2D eigenvalue weighted by Crippen LogP contribution is -2.33. The molecule has 0 saturated heterocycles. The zero-order chi connectivity index (χ0) is 10.1. The van der Waals surface area contributed by atoms with E-state index in [9.17, 15) is 0 Å². The van der Waals surface area contributed by atoms with Crippen LogP contribution in [0.25, 0.3) is 0 Å². The number of aromatic amines is 1. The fourth-order valence-corrected chi connectivity index (χ4v) is 2.17. The van der Waals surface area contributed by atoms with E-state index >= 15 is 0 Å². The van der Waals surface area contributed by atoms with E-state index in [2.05, 4.69) is 35.9 Å². The van der Waals surface area contributed by atoms with Crippen molar-refractivity contribution >= 4 is 0 Å². The van der Waals surface area contributed by atoms with Gasteiger partial charge in [-0.15, -0.1) is 0 Å². The third-order valence-corrected chi connectivity index (χ3v) is 2.84. The van der Waals surface area contributed by atoms with Crippen LogP contribution in [0, 0.1) is 12.8 Å². The highest BCUT2D eigenvalue weighted by atomic mass is 15.2. The molecule has 0 atom stereocenters. The molecule has 78 valence electrons. The minimum atomic E-state index is 0.753. The molecule has 0 bridgehead atoms. The smallest absolute Gasteiger partial charge is 0.0639 e. The summed E-state index contributed by atoms with van der Waals surface area (Å²) in [5.74, 6) is 0.753. The van der Waals surface area contributed by atoms with Gasteiger partial charge in [0.05, 0.1) is 5.69 Å². The van der Waals surface area contributed by atoms with Gasteiger partial charge in [0.25, 0.3) is 0 Å². The van der Waals surface area contributed by atoms with Gasteiger partial charge in [0, 0.05) is 37.3 Å². The maximum Gasteiger partial charge on any atom is 0.0639 e. The Morgan fingerprint density at radius 3 is 3.00 bits per heavy atom. The quantitative estimate of drug-likeness (QED) is 0.775. The molecule has 2 heterocycles. The zero-order valence-electron chi connectivity index (χ0n) is 9.30. The van der Waals surface area contributed by atoms with Crippen molar-refractivity contribution in [2.75, 3.05) is 13.1 Å². The molecule has 0 amide bonds. The van der Waals surface area contributed by atoms with Crippen LogP contribution >= 0.6 is 0 Å². The highest BCUT2D eigenvalue weighted by molar-refractivity contribution is 5.26. The SMILES string of the molecule is Cc1n[nH]c2c1CN(CC(C)C)CC2. The molecule has 0 spiro atoms. The molecule has 1 aromatic heterocycles. The first-order valence-electron chi connectivity index (χ1n) is 5.42. The van der Waals surface area contributed by atoms with Crippen molar-refractivity contribution in [2.45, 2.75) is 33.7 Å². The Balaban J connectivity index is 2.08. The lowest BCUT2D eigenvalue weighted by Gasteiger charge is -2.28. The van der Waals surface area contributed by atoms with Crippen molar-refractivity contribution < 1.29 is 0 Å². The average molecular weight is 193 g/mol. The number of rotatable bonds is 2. The molecule has 1 aromatic rings. The Bertz CT molecular complexity index is 314. The van der Waals surface area contributed by atoms with Crippen molar-refractivity contribution in [2.24, 2.45) is 5.92 Å². The first-order valence-corrected chi connectivity index (χ1v) is 5.42. The number of fused-ring (bicyclic) bond motifs is 1. The first kappa shape index (κ1) is 9.71. The van der Waals surface area contributed by atoms with Gasteiger partial charge >= 0.3 is 0 Å². The summed E-state index contributed by atoms with van der Waals surface area (Å²) in [6, 6.07) is 0. The van der Waals surface area contributed by atoms with E-state index in [0.717, 1.165) is 18.9 Å².